The van der Waals surface area contributed by atoms with E-state index in [4.69, 9.17) is 0 Å². The van der Waals surface area contributed by atoms with Crippen molar-refractivity contribution < 1.29 is 15.0 Å². The second-order valence-corrected chi connectivity index (χ2v) is 5.83. The first-order valence-electron chi connectivity index (χ1n) is 5.50. The van der Waals surface area contributed by atoms with Crippen LogP contribution in [0.3, 0.4) is 0 Å². The predicted molar refractivity (Wildman–Crippen MR) is 79.0 cm³/mol. The fourth-order valence-electron chi connectivity index (χ4n) is 1.46. The Hall–Kier alpha value is -1.46. The van der Waals surface area contributed by atoms with Crippen LogP contribution in [0.25, 0.3) is 0 Å². The molecule has 0 aliphatic rings. The second-order valence-electron chi connectivity index (χ2n) is 3.87. The molecule has 0 unspecified atom stereocenters. The van der Waals surface area contributed by atoms with E-state index in [2.05, 4.69) is 15.9 Å². The summed E-state index contributed by atoms with van der Waals surface area (Å²) >= 11 is 4.78. The lowest BCUT2D eigenvalue weighted by Gasteiger charge is -2.03. The van der Waals surface area contributed by atoms with Crippen LogP contribution >= 0.6 is 27.7 Å². The molecule has 0 aliphatic heterocycles. The Balaban J connectivity index is 2.01. The fourth-order valence-corrected chi connectivity index (χ4v) is 2.52. The summed E-state index contributed by atoms with van der Waals surface area (Å²) in [6.45, 7) is 0. The number of carbonyl (C=O) groups is 1. The van der Waals surface area contributed by atoms with Gasteiger partial charge in [0, 0.05) is 14.9 Å². The monoisotopic (exact) mass is 338 g/mol. The first-order valence-corrected chi connectivity index (χ1v) is 7.27. The number of ketones is 1. The molecule has 0 radical (unpaired) electrons. The van der Waals surface area contributed by atoms with Crippen molar-refractivity contribution in [2.24, 2.45) is 0 Å². The highest BCUT2D eigenvalue weighted by atomic mass is 79.9. The molecule has 0 aromatic heterocycles. The van der Waals surface area contributed by atoms with Gasteiger partial charge in [0.05, 0.1) is 5.75 Å². The number of rotatable bonds is 4. The summed E-state index contributed by atoms with van der Waals surface area (Å²) in [4.78, 5) is 12.9. The number of hydrogen-bond donors (Lipinski definition) is 2. The van der Waals surface area contributed by atoms with Gasteiger partial charge in [-0.25, -0.2) is 0 Å². The Morgan fingerprint density at radius 3 is 2.37 bits per heavy atom. The van der Waals surface area contributed by atoms with Crippen molar-refractivity contribution in [3.8, 4) is 11.5 Å². The number of hydrogen-bond acceptors (Lipinski definition) is 4. The molecule has 0 aliphatic carbocycles. The zero-order chi connectivity index (χ0) is 13.8. The van der Waals surface area contributed by atoms with Crippen LogP contribution < -0.4 is 0 Å². The second kappa shape index (κ2) is 6.12. The molecule has 2 N–H and O–H groups in total. The van der Waals surface area contributed by atoms with Gasteiger partial charge in [-0.1, -0.05) is 15.9 Å². The van der Waals surface area contributed by atoms with Crippen LogP contribution in [0.15, 0.2) is 51.8 Å². The van der Waals surface area contributed by atoms with Crippen molar-refractivity contribution >= 4 is 33.5 Å². The summed E-state index contributed by atoms with van der Waals surface area (Å²) in [7, 11) is 0. The lowest BCUT2D eigenvalue weighted by molar-refractivity contribution is 0.102. The largest absolute Gasteiger partial charge is 0.504 e. The Kier molecular flexibility index (Phi) is 4.50. The number of Topliss-reactive ketones (excluding diaryl/α,β-unsaturated/α-hetero) is 1. The third-order valence-corrected chi connectivity index (χ3v) is 4.02. The van der Waals surface area contributed by atoms with Gasteiger partial charge in [0.25, 0.3) is 0 Å². The molecule has 98 valence electrons. The normalized spacial score (nSPS) is 10.4. The predicted octanol–water partition coefficient (Wildman–Crippen LogP) is 3.84. The molecule has 0 heterocycles. The molecule has 0 bridgehead atoms. The average molecular weight is 339 g/mol. The molecule has 0 atom stereocenters. The van der Waals surface area contributed by atoms with Crippen molar-refractivity contribution in [2.75, 3.05) is 5.75 Å². The van der Waals surface area contributed by atoms with E-state index in [9.17, 15) is 15.0 Å². The number of benzene rings is 2. The van der Waals surface area contributed by atoms with E-state index in [1.165, 1.54) is 30.0 Å². The summed E-state index contributed by atoms with van der Waals surface area (Å²) in [5.74, 6) is -0.314. The highest BCUT2D eigenvalue weighted by Crippen LogP contribution is 2.26. The molecular weight excluding hydrogens is 328 g/mol. The minimum atomic E-state index is -0.278. The third kappa shape index (κ3) is 3.75. The van der Waals surface area contributed by atoms with Gasteiger partial charge >= 0.3 is 0 Å². The molecule has 0 saturated heterocycles. The maximum absolute atomic E-state index is 11.9. The molecule has 2 rings (SSSR count). The van der Waals surface area contributed by atoms with Crippen molar-refractivity contribution in [1.82, 2.24) is 0 Å². The summed E-state index contributed by atoms with van der Waals surface area (Å²) in [5.41, 5.74) is 0.389. The van der Waals surface area contributed by atoms with Gasteiger partial charge in [-0.05, 0) is 42.5 Å². The summed E-state index contributed by atoms with van der Waals surface area (Å²) < 4.78 is 0.992. The lowest BCUT2D eigenvalue weighted by atomic mass is 10.1. The zero-order valence-corrected chi connectivity index (χ0v) is 12.2. The van der Waals surface area contributed by atoms with Gasteiger partial charge in [-0.2, -0.15) is 0 Å². The highest BCUT2D eigenvalue weighted by Gasteiger charge is 2.09. The number of aromatic hydroxyl groups is 2. The third-order valence-electron chi connectivity index (χ3n) is 2.48. The van der Waals surface area contributed by atoms with Gasteiger partial charge in [0.2, 0.25) is 0 Å². The van der Waals surface area contributed by atoms with Crippen molar-refractivity contribution in [3.05, 3.63) is 52.5 Å². The molecule has 0 amide bonds. The molecule has 3 nitrogen and oxygen atoms in total. The van der Waals surface area contributed by atoms with E-state index >= 15 is 0 Å². The molecule has 0 saturated carbocycles. The van der Waals surface area contributed by atoms with Crippen LogP contribution in [0, 0.1) is 0 Å². The number of thioether (sulfide) groups is 1. The number of phenolic OH excluding ortho intramolecular Hbond substituents is 2. The molecule has 5 heteroatoms. The topological polar surface area (TPSA) is 57.5 Å². The van der Waals surface area contributed by atoms with Gasteiger partial charge in [0.1, 0.15) is 0 Å². The van der Waals surface area contributed by atoms with Crippen LogP contribution in [0.5, 0.6) is 11.5 Å². The van der Waals surface area contributed by atoms with Gasteiger partial charge in [0.15, 0.2) is 17.3 Å². The quantitative estimate of drug-likeness (QED) is 0.505. The Bertz CT molecular complexity index is 596. The van der Waals surface area contributed by atoms with E-state index in [1.54, 1.807) is 0 Å². The molecule has 2 aromatic rings. The van der Waals surface area contributed by atoms with Crippen molar-refractivity contribution in [3.63, 3.8) is 0 Å². The van der Waals surface area contributed by atoms with E-state index in [1.807, 2.05) is 24.3 Å². The highest BCUT2D eigenvalue weighted by molar-refractivity contribution is 9.10. The van der Waals surface area contributed by atoms with Crippen LogP contribution in [0.2, 0.25) is 0 Å². The molecular formula is C14H11BrO3S. The minimum absolute atomic E-state index is 0.0942. The summed E-state index contributed by atoms with van der Waals surface area (Å²) in [6.07, 6.45) is 0. The van der Waals surface area contributed by atoms with Crippen LogP contribution in [-0.2, 0) is 0 Å². The SMILES string of the molecule is O=C(CSc1ccc(Br)cc1)c1ccc(O)c(O)c1. The first-order chi connectivity index (χ1) is 9.06. The fraction of sp³-hybridized carbons (Fsp3) is 0.0714. The number of halogens is 1. The molecule has 0 fully saturated rings. The Morgan fingerprint density at radius 2 is 1.74 bits per heavy atom. The van der Waals surface area contributed by atoms with E-state index in [0.717, 1.165) is 9.37 Å². The summed E-state index contributed by atoms with van der Waals surface area (Å²) in [5, 5.41) is 18.5. The van der Waals surface area contributed by atoms with Gasteiger partial charge in [-0.3, -0.25) is 4.79 Å². The Labute approximate surface area is 123 Å². The zero-order valence-electron chi connectivity index (χ0n) is 9.84. The van der Waals surface area contributed by atoms with Crippen LogP contribution in [0.1, 0.15) is 10.4 Å². The van der Waals surface area contributed by atoms with E-state index in [0.29, 0.717) is 5.56 Å². The van der Waals surface area contributed by atoms with Crippen molar-refractivity contribution in [2.45, 2.75) is 4.90 Å². The van der Waals surface area contributed by atoms with Gasteiger partial charge < -0.3 is 10.2 Å². The first kappa shape index (κ1) is 14.0. The summed E-state index contributed by atoms with van der Waals surface area (Å²) in [6, 6.07) is 11.8. The average Bonchev–Trinajstić information content (AvgIpc) is 2.41. The molecule has 2 aromatic carbocycles. The van der Waals surface area contributed by atoms with E-state index in [-0.39, 0.29) is 23.0 Å². The van der Waals surface area contributed by atoms with Gasteiger partial charge in [-0.15, -0.1) is 11.8 Å². The molecule has 19 heavy (non-hydrogen) atoms. The lowest BCUT2D eigenvalue weighted by Crippen LogP contribution is -2.01. The van der Waals surface area contributed by atoms with Crippen molar-refractivity contribution in [1.29, 1.82) is 0 Å². The standard InChI is InChI=1S/C14H11BrO3S/c15-10-2-4-11(5-3-10)19-8-14(18)9-1-6-12(16)13(17)7-9/h1-7,16-17H,8H2. The molecule has 0 spiro atoms. The maximum Gasteiger partial charge on any atom is 0.173 e. The van der Waals surface area contributed by atoms with Crippen LogP contribution in [0.4, 0.5) is 0 Å². The Morgan fingerprint density at radius 1 is 1.05 bits per heavy atom. The smallest absolute Gasteiger partial charge is 0.173 e. The van der Waals surface area contributed by atoms with Crippen LogP contribution in [-0.4, -0.2) is 21.7 Å². The number of carbonyl (C=O) groups excluding carboxylic acids is 1. The van der Waals surface area contributed by atoms with E-state index < -0.39 is 0 Å². The maximum atomic E-state index is 11.9. The minimum Gasteiger partial charge on any atom is -0.504 e. The number of phenols is 2.